The first-order chi connectivity index (χ1) is 13.9. The van der Waals surface area contributed by atoms with E-state index in [0.29, 0.717) is 22.7 Å². The Morgan fingerprint density at radius 1 is 0.828 bits per heavy atom. The van der Waals surface area contributed by atoms with Crippen LogP contribution in [0.3, 0.4) is 0 Å². The molecular weight excluding hydrogens is 418 g/mol. The molecule has 0 unspecified atom stereocenters. The van der Waals surface area contributed by atoms with E-state index in [0.717, 1.165) is 6.07 Å². The molecule has 0 atom stereocenters. The third-order valence-electron chi connectivity index (χ3n) is 4.01. The summed E-state index contributed by atoms with van der Waals surface area (Å²) in [4.78, 5) is 24.7. The summed E-state index contributed by atoms with van der Waals surface area (Å²) in [6, 6.07) is 15.3. The Bertz CT molecular complexity index is 1050. The maximum atomic E-state index is 13.6. The van der Waals surface area contributed by atoms with Crippen molar-refractivity contribution in [2.24, 2.45) is 0 Å². The number of rotatable bonds is 5. The number of benzene rings is 3. The predicted molar refractivity (Wildman–Crippen MR) is 112 cm³/mol. The van der Waals surface area contributed by atoms with Gasteiger partial charge in [0.05, 0.1) is 22.7 Å². The van der Waals surface area contributed by atoms with Crippen molar-refractivity contribution in [3.05, 3.63) is 87.7 Å². The summed E-state index contributed by atoms with van der Waals surface area (Å²) < 4.78 is 18.7. The standard InChI is InChI=1S/C21H15Cl2FN2O3/c1-29-15-8-6-14(7-9-15)25-20(27)12-2-4-13(5-3-12)26-21(28)16-10-19(24)18(23)11-17(16)22/h2-11H,1H3,(H,25,27)(H,26,28). The minimum absolute atomic E-state index is 0.0318. The van der Waals surface area contributed by atoms with Gasteiger partial charge in [-0.15, -0.1) is 0 Å². The lowest BCUT2D eigenvalue weighted by Crippen LogP contribution is -2.14. The molecule has 29 heavy (non-hydrogen) atoms. The third-order valence-corrected chi connectivity index (χ3v) is 4.61. The lowest BCUT2D eigenvalue weighted by molar-refractivity contribution is 0.101. The molecule has 0 heterocycles. The van der Waals surface area contributed by atoms with Gasteiger partial charge in [0, 0.05) is 16.9 Å². The second-order valence-electron chi connectivity index (χ2n) is 5.96. The molecule has 0 bridgehead atoms. The highest BCUT2D eigenvalue weighted by molar-refractivity contribution is 6.37. The van der Waals surface area contributed by atoms with Crippen molar-refractivity contribution in [3.8, 4) is 5.75 Å². The minimum atomic E-state index is -0.744. The van der Waals surface area contributed by atoms with Gasteiger partial charge in [-0.25, -0.2) is 4.39 Å². The van der Waals surface area contributed by atoms with Gasteiger partial charge in [-0.3, -0.25) is 9.59 Å². The van der Waals surface area contributed by atoms with Crippen molar-refractivity contribution in [1.82, 2.24) is 0 Å². The van der Waals surface area contributed by atoms with E-state index in [9.17, 15) is 14.0 Å². The Hall–Kier alpha value is -3.09. The fourth-order valence-corrected chi connectivity index (χ4v) is 2.95. The molecule has 148 valence electrons. The number of carbonyl (C=O) groups excluding carboxylic acids is 2. The number of anilines is 2. The molecule has 0 fully saturated rings. The van der Waals surface area contributed by atoms with E-state index >= 15 is 0 Å². The Labute approximate surface area is 176 Å². The Morgan fingerprint density at radius 3 is 1.97 bits per heavy atom. The number of ether oxygens (including phenoxy) is 1. The summed E-state index contributed by atoms with van der Waals surface area (Å²) in [5.74, 6) is -0.965. The molecule has 2 N–H and O–H groups in total. The van der Waals surface area contributed by atoms with Crippen LogP contribution < -0.4 is 15.4 Å². The van der Waals surface area contributed by atoms with E-state index in [2.05, 4.69) is 10.6 Å². The summed E-state index contributed by atoms with van der Waals surface area (Å²) in [7, 11) is 1.56. The second-order valence-corrected chi connectivity index (χ2v) is 6.77. The monoisotopic (exact) mass is 432 g/mol. The maximum Gasteiger partial charge on any atom is 0.257 e. The van der Waals surface area contributed by atoms with E-state index in [1.807, 2.05) is 0 Å². The molecule has 3 aromatic carbocycles. The normalized spacial score (nSPS) is 10.3. The molecular formula is C21H15Cl2FN2O3. The van der Waals surface area contributed by atoms with Crippen molar-refractivity contribution in [2.45, 2.75) is 0 Å². The van der Waals surface area contributed by atoms with Gasteiger partial charge < -0.3 is 15.4 Å². The number of carbonyl (C=O) groups is 2. The van der Waals surface area contributed by atoms with Crippen molar-refractivity contribution in [1.29, 1.82) is 0 Å². The molecule has 0 radical (unpaired) electrons. The van der Waals surface area contributed by atoms with Crippen LogP contribution in [0.25, 0.3) is 0 Å². The Kier molecular flexibility index (Phi) is 6.36. The molecule has 0 aliphatic rings. The fraction of sp³-hybridized carbons (Fsp3) is 0.0476. The van der Waals surface area contributed by atoms with Gasteiger partial charge in [0.25, 0.3) is 11.8 Å². The number of amides is 2. The van der Waals surface area contributed by atoms with E-state index < -0.39 is 11.7 Å². The summed E-state index contributed by atoms with van der Waals surface area (Å²) in [5, 5.41) is 5.22. The molecule has 0 aliphatic carbocycles. The molecule has 0 aliphatic heterocycles. The van der Waals surface area contributed by atoms with Crippen molar-refractivity contribution in [2.75, 3.05) is 17.7 Å². The van der Waals surface area contributed by atoms with E-state index in [1.54, 1.807) is 55.6 Å². The highest BCUT2D eigenvalue weighted by Gasteiger charge is 2.15. The molecule has 2 amide bonds. The second kappa shape index (κ2) is 8.94. The van der Waals surface area contributed by atoms with Crippen LogP contribution in [-0.2, 0) is 0 Å². The van der Waals surface area contributed by atoms with E-state index in [4.69, 9.17) is 27.9 Å². The first-order valence-corrected chi connectivity index (χ1v) is 9.14. The van der Waals surface area contributed by atoms with Crippen LogP contribution >= 0.6 is 23.2 Å². The Morgan fingerprint density at radius 2 is 1.38 bits per heavy atom. The molecule has 3 aromatic rings. The van der Waals surface area contributed by atoms with Crippen LogP contribution in [0.1, 0.15) is 20.7 Å². The highest BCUT2D eigenvalue weighted by Crippen LogP contribution is 2.25. The molecule has 5 nitrogen and oxygen atoms in total. The van der Waals surface area contributed by atoms with Crippen LogP contribution in [0.5, 0.6) is 5.75 Å². The molecule has 0 spiro atoms. The van der Waals surface area contributed by atoms with Gasteiger partial charge in [-0.05, 0) is 60.7 Å². The lowest BCUT2D eigenvalue weighted by Gasteiger charge is -2.09. The van der Waals surface area contributed by atoms with Gasteiger partial charge in [-0.2, -0.15) is 0 Å². The van der Waals surface area contributed by atoms with Gasteiger partial charge in [0.1, 0.15) is 11.6 Å². The van der Waals surface area contributed by atoms with Crippen LogP contribution in [0, 0.1) is 5.82 Å². The summed E-state index contributed by atoms with van der Waals surface area (Å²) in [6.07, 6.45) is 0. The fourth-order valence-electron chi connectivity index (χ4n) is 2.48. The van der Waals surface area contributed by atoms with Crippen LogP contribution in [0.2, 0.25) is 10.0 Å². The summed E-state index contributed by atoms with van der Waals surface area (Å²) in [6.45, 7) is 0. The number of hydrogen-bond acceptors (Lipinski definition) is 3. The molecule has 3 rings (SSSR count). The zero-order chi connectivity index (χ0) is 21.0. The molecule has 8 heteroatoms. The quantitative estimate of drug-likeness (QED) is 0.512. The van der Waals surface area contributed by atoms with E-state index in [1.165, 1.54) is 6.07 Å². The average molecular weight is 433 g/mol. The third kappa shape index (κ3) is 5.04. The van der Waals surface area contributed by atoms with E-state index in [-0.39, 0.29) is 21.5 Å². The van der Waals surface area contributed by atoms with Gasteiger partial charge in [0.15, 0.2) is 0 Å². The van der Waals surface area contributed by atoms with Crippen LogP contribution in [-0.4, -0.2) is 18.9 Å². The van der Waals surface area contributed by atoms with Gasteiger partial charge in [-0.1, -0.05) is 23.2 Å². The zero-order valence-electron chi connectivity index (χ0n) is 15.1. The maximum absolute atomic E-state index is 13.6. The summed E-state index contributed by atoms with van der Waals surface area (Å²) in [5.41, 5.74) is 1.39. The molecule has 0 aromatic heterocycles. The van der Waals surface area contributed by atoms with Crippen molar-refractivity contribution < 1.29 is 18.7 Å². The number of halogens is 3. The van der Waals surface area contributed by atoms with Gasteiger partial charge in [0.2, 0.25) is 0 Å². The largest absolute Gasteiger partial charge is 0.497 e. The minimum Gasteiger partial charge on any atom is -0.497 e. The van der Waals surface area contributed by atoms with Gasteiger partial charge >= 0.3 is 0 Å². The number of methoxy groups -OCH3 is 1. The Balaban J connectivity index is 1.67. The van der Waals surface area contributed by atoms with Crippen LogP contribution in [0.15, 0.2) is 60.7 Å². The average Bonchev–Trinajstić information content (AvgIpc) is 2.71. The molecule has 0 saturated carbocycles. The topological polar surface area (TPSA) is 67.4 Å². The lowest BCUT2D eigenvalue weighted by atomic mass is 10.1. The number of hydrogen-bond donors (Lipinski definition) is 2. The highest BCUT2D eigenvalue weighted by atomic mass is 35.5. The zero-order valence-corrected chi connectivity index (χ0v) is 16.6. The summed E-state index contributed by atoms with van der Waals surface area (Å²) >= 11 is 11.6. The SMILES string of the molecule is COc1ccc(NC(=O)c2ccc(NC(=O)c3cc(F)c(Cl)cc3Cl)cc2)cc1. The van der Waals surface area contributed by atoms with Crippen LogP contribution in [0.4, 0.5) is 15.8 Å². The van der Waals surface area contributed by atoms with Crippen molar-refractivity contribution in [3.63, 3.8) is 0 Å². The first kappa shape index (κ1) is 20.6. The predicted octanol–water partition coefficient (Wildman–Crippen LogP) is 5.65. The molecule has 0 saturated heterocycles. The van der Waals surface area contributed by atoms with Crippen molar-refractivity contribution >= 4 is 46.4 Å². The first-order valence-electron chi connectivity index (χ1n) is 8.39. The number of nitrogens with one attached hydrogen (secondary N) is 2. The smallest absolute Gasteiger partial charge is 0.257 e.